The number of fused-ring (bicyclic) bond motifs is 1. The Bertz CT molecular complexity index is 302. The molecule has 2 rings (SSSR count). The molecule has 4 unspecified atom stereocenters. The van der Waals surface area contributed by atoms with Gasteiger partial charge in [-0.05, 0) is 37.0 Å². The van der Waals surface area contributed by atoms with Crippen molar-refractivity contribution in [2.75, 3.05) is 0 Å². The molecule has 0 aromatic heterocycles. The first-order valence-electron chi connectivity index (χ1n) is 8.93. The van der Waals surface area contributed by atoms with Crippen molar-refractivity contribution in [1.29, 1.82) is 0 Å². The lowest BCUT2D eigenvalue weighted by molar-refractivity contribution is -0.119. The Labute approximate surface area is 130 Å². The second-order valence-corrected chi connectivity index (χ2v) is 7.64. The number of carbonyl (C=O) groups excluding carboxylic acids is 1. The predicted molar refractivity (Wildman–Crippen MR) is 89.3 cm³/mol. The minimum Gasteiger partial charge on any atom is -0.298 e. The van der Waals surface area contributed by atoms with Gasteiger partial charge in [0.25, 0.3) is 0 Å². The number of carbonyl (C=O) groups is 1. The normalized spacial score (nSPS) is 37.6. The molecule has 0 radical (unpaired) electrons. The quantitative estimate of drug-likeness (QED) is 0.638. The molecule has 0 aromatic carbocycles. The van der Waals surface area contributed by atoms with Crippen molar-refractivity contribution in [3.63, 3.8) is 0 Å². The van der Waals surface area contributed by atoms with Crippen LogP contribution in [0.4, 0.5) is 0 Å². The van der Waals surface area contributed by atoms with E-state index in [4.69, 9.17) is 0 Å². The lowest BCUT2D eigenvalue weighted by Gasteiger charge is -2.21. The maximum Gasteiger partial charge on any atom is 0.145 e. The van der Waals surface area contributed by atoms with Crippen molar-refractivity contribution in [2.24, 2.45) is 17.8 Å². The molecule has 0 aliphatic heterocycles. The highest BCUT2D eigenvalue weighted by molar-refractivity contribution is 7.81. The molecule has 116 valence electrons. The first-order chi connectivity index (χ1) is 9.72. The zero-order valence-corrected chi connectivity index (χ0v) is 14.0. The van der Waals surface area contributed by atoms with E-state index in [-0.39, 0.29) is 5.25 Å². The third kappa shape index (κ3) is 5.09. The highest BCUT2D eigenvalue weighted by atomic mass is 32.1. The van der Waals surface area contributed by atoms with Gasteiger partial charge in [-0.1, -0.05) is 58.3 Å². The van der Waals surface area contributed by atoms with Crippen LogP contribution in [0.5, 0.6) is 0 Å². The van der Waals surface area contributed by atoms with E-state index in [1.807, 2.05) is 0 Å². The van der Waals surface area contributed by atoms with E-state index < -0.39 is 0 Å². The third-order valence-electron chi connectivity index (χ3n) is 5.47. The van der Waals surface area contributed by atoms with Gasteiger partial charge in [-0.3, -0.25) is 4.79 Å². The molecule has 0 saturated heterocycles. The second kappa shape index (κ2) is 8.46. The maximum absolute atomic E-state index is 12.3. The number of ketones is 1. The fourth-order valence-electron chi connectivity index (χ4n) is 3.86. The minimum atomic E-state index is 0.00591. The molecule has 20 heavy (non-hydrogen) atoms. The average molecular weight is 297 g/mol. The Kier molecular flexibility index (Phi) is 6.93. The van der Waals surface area contributed by atoms with E-state index in [1.54, 1.807) is 0 Å². The molecule has 0 amide bonds. The van der Waals surface area contributed by atoms with E-state index in [1.165, 1.54) is 57.8 Å². The second-order valence-electron chi connectivity index (χ2n) is 7.08. The summed E-state index contributed by atoms with van der Waals surface area (Å²) in [5.74, 6) is 2.82. The van der Waals surface area contributed by atoms with Gasteiger partial charge < -0.3 is 0 Å². The largest absolute Gasteiger partial charge is 0.298 e. The van der Waals surface area contributed by atoms with Gasteiger partial charge in [0.05, 0.1) is 5.25 Å². The van der Waals surface area contributed by atoms with Crippen LogP contribution in [0.15, 0.2) is 0 Å². The lowest BCUT2D eigenvalue weighted by Crippen LogP contribution is -2.25. The zero-order chi connectivity index (χ0) is 14.4. The van der Waals surface area contributed by atoms with Crippen LogP contribution in [0, 0.1) is 17.8 Å². The SMILES string of the molecule is CCC1CC2CC2CCCCCCCCCC(=O)C1S. The van der Waals surface area contributed by atoms with Crippen molar-refractivity contribution in [3.8, 4) is 0 Å². The van der Waals surface area contributed by atoms with Crippen LogP contribution in [-0.2, 0) is 4.79 Å². The van der Waals surface area contributed by atoms with Gasteiger partial charge in [-0.25, -0.2) is 0 Å². The molecule has 2 aliphatic rings. The molecule has 2 saturated carbocycles. The van der Waals surface area contributed by atoms with Crippen molar-refractivity contribution in [1.82, 2.24) is 0 Å². The van der Waals surface area contributed by atoms with E-state index in [0.29, 0.717) is 11.7 Å². The van der Waals surface area contributed by atoms with Crippen LogP contribution >= 0.6 is 12.6 Å². The maximum atomic E-state index is 12.3. The van der Waals surface area contributed by atoms with Crippen LogP contribution in [0.1, 0.15) is 84.0 Å². The van der Waals surface area contributed by atoms with E-state index in [9.17, 15) is 4.79 Å². The number of Topliss-reactive ketones (excluding diaryl/α,β-unsaturated/α-hetero) is 1. The van der Waals surface area contributed by atoms with Crippen molar-refractivity contribution in [2.45, 2.75) is 89.2 Å². The molecule has 2 heteroatoms. The number of hydrogen-bond donors (Lipinski definition) is 1. The third-order valence-corrected chi connectivity index (χ3v) is 6.18. The molecule has 4 atom stereocenters. The number of hydrogen-bond acceptors (Lipinski definition) is 2. The minimum absolute atomic E-state index is 0.00591. The summed E-state index contributed by atoms with van der Waals surface area (Å²) < 4.78 is 0. The molecule has 1 nitrogen and oxygen atoms in total. The van der Waals surface area contributed by atoms with Crippen LogP contribution in [-0.4, -0.2) is 11.0 Å². The number of rotatable bonds is 1. The Morgan fingerprint density at radius 2 is 1.60 bits per heavy atom. The van der Waals surface area contributed by atoms with E-state index in [0.717, 1.165) is 31.1 Å². The van der Waals surface area contributed by atoms with Gasteiger partial charge in [0, 0.05) is 6.42 Å². The molecular formula is C18H32OS. The molecule has 0 N–H and O–H groups in total. The fourth-order valence-corrected chi connectivity index (χ4v) is 4.32. The van der Waals surface area contributed by atoms with Crippen molar-refractivity contribution < 1.29 is 4.79 Å². The molecule has 2 aliphatic carbocycles. The highest BCUT2D eigenvalue weighted by Gasteiger charge is 2.39. The summed E-state index contributed by atoms with van der Waals surface area (Å²) in [6, 6.07) is 0. The molecule has 0 bridgehead atoms. The predicted octanol–water partition coefficient (Wildman–Crippen LogP) is 5.43. The average Bonchev–Trinajstić information content (AvgIpc) is 3.19. The van der Waals surface area contributed by atoms with E-state index in [2.05, 4.69) is 19.6 Å². The summed E-state index contributed by atoms with van der Waals surface area (Å²) in [5, 5.41) is 0.00591. The van der Waals surface area contributed by atoms with Gasteiger partial charge in [0.15, 0.2) is 0 Å². The standard InChI is InChI=1S/C18H32OS/c1-2-14-12-16-13-15(16)10-8-6-4-3-5-7-9-11-17(19)18(14)20/h14-16,18,20H,2-13H2,1H3. The number of thiol groups is 1. The molecule has 0 heterocycles. The van der Waals surface area contributed by atoms with Gasteiger partial charge in [0.2, 0.25) is 0 Å². The molecule has 0 spiro atoms. The smallest absolute Gasteiger partial charge is 0.145 e. The van der Waals surface area contributed by atoms with Crippen molar-refractivity contribution in [3.05, 3.63) is 0 Å². The Morgan fingerprint density at radius 1 is 0.950 bits per heavy atom. The molecular weight excluding hydrogens is 264 g/mol. The summed E-state index contributed by atoms with van der Waals surface area (Å²) in [5.41, 5.74) is 0. The zero-order valence-electron chi connectivity index (χ0n) is 13.2. The van der Waals surface area contributed by atoms with Gasteiger partial charge >= 0.3 is 0 Å². The Balaban J connectivity index is 1.87. The lowest BCUT2D eigenvalue weighted by atomic mass is 9.90. The monoisotopic (exact) mass is 296 g/mol. The van der Waals surface area contributed by atoms with Gasteiger partial charge in [0.1, 0.15) is 5.78 Å². The fraction of sp³-hybridized carbons (Fsp3) is 0.944. The highest BCUT2D eigenvalue weighted by Crippen LogP contribution is 2.47. The summed E-state index contributed by atoms with van der Waals surface area (Å²) in [6.07, 6.45) is 15.2. The Morgan fingerprint density at radius 3 is 2.30 bits per heavy atom. The summed E-state index contributed by atoms with van der Waals surface area (Å²) in [6.45, 7) is 2.23. The van der Waals surface area contributed by atoms with Crippen molar-refractivity contribution >= 4 is 18.4 Å². The van der Waals surface area contributed by atoms with Crippen LogP contribution in [0.25, 0.3) is 0 Å². The van der Waals surface area contributed by atoms with Gasteiger partial charge in [-0.15, -0.1) is 0 Å². The van der Waals surface area contributed by atoms with Crippen LogP contribution < -0.4 is 0 Å². The Hall–Kier alpha value is 0.0200. The molecule has 0 aromatic rings. The first kappa shape index (κ1) is 16.4. The summed E-state index contributed by atoms with van der Waals surface area (Å²) in [7, 11) is 0. The van der Waals surface area contributed by atoms with Crippen LogP contribution in [0.2, 0.25) is 0 Å². The van der Waals surface area contributed by atoms with E-state index >= 15 is 0 Å². The van der Waals surface area contributed by atoms with Crippen LogP contribution in [0.3, 0.4) is 0 Å². The summed E-state index contributed by atoms with van der Waals surface area (Å²) in [4.78, 5) is 12.3. The first-order valence-corrected chi connectivity index (χ1v) is 9.44. The molecule has 2 fully saturated rings. The topological polar surface area (TPSA) is 17.1 Å². The van der Waals surface area contributed by atoms with Gasteiger partial charge in [-0.2, -0.15) is 12.6 Å². The summed E-state index contributed by atoms with van der Waals surface area (Å²) >= 11 is 4.67.